The average molecular weight is 563 g/mol. The van der Waals surface area contributed by atoms with Crippen LogP contribution in [0.4, 0.5) is 22.0 Å². The van der Waals surface area contributed by atoms with E-state index < -0.39 is 25.3 Å². The molecule has 1 nitrogen and oxygen atoms in total. The van der Waals surface area contributed by atoms with Gasteiger partial charge in [-0.25, -0.2) is 0 Å². The van der Waals surface area contributed by atoms with E-state index in [0.717, 1.165) is 56.7 Å². The predicted molar refractivity (Wildman–Crippen MR) is 109 cm³/mol. The van der Waals surface area contributed by atoms with Crippen LogP contribution in [0.2, 0.25) is 0 Å². The van der Waals surface area contributed by atoms with E-state index in [-0.39, 0.29) is 20.4 Å². The first-order valence-electron chi connectivity index (χ1n) is 10.3. The molecule has 0 unspecified atom stereocenters. The van der Waals surface area contributed by atoms with Gasteiger partial charge in [0.05, 0.1) is 5.30 Å². The van der Waals surface area contributed by atoms with Crippen LogP contribution in [0, 0.1) is 5.62 Å². The van der Waals surface area contributed by atoms with Crippen molar-refractivity contribution in [2.45, 2.75) is 87.8 Å². The van der Waals surface area contributed by atoms with Crippen molar-refractivity contribution in [1.82, 2.24) is 0 Å². The Morgan fingerprint density at radius 3 is 1.60 bits per heavy atom. The Morgan fingerprint density at radius 1 is 0.800 bits per heavy atom. The minimum Gasteiger partial charge on any atom is -0.426 e. The second-order valence-electron chi connectivity index (χ2n) is 8.13. The third-order valence-corrected chi connectivity index (χ3v) is 12.3. The van der Waals surface area contributed by atoms with E-state index in [0.29, 0.717) is 11.3 Å². The van der Waals surface area contributed by atoms with E-state index in [2.05, 4.69) is 4.74 Å². The van der Waals surface area contributed by atoms with Gasteiger partial charge in [-0.15, -0.1) is 0 Å². The summed E-state index contributed by atoms with van der Waals surface area (Å²) in [6, 6.07) is 5.79. The van der Waals surface area contributed by atoms with Gasteiger partial charge in [0.2, 0.25) is 0 Å². The molecule has 174 valence electrons. The first-order valence-corrected chi connectivity index (χ1v) is 12.7. The van der Waals surface area contributed by atoms with Crippen LogP contribution in [-0.4, -0.2) is 23.6 Å². The van der Waals surface area contributed by atoms with Gasteiger partial charge in [0.15, 0.2) is 0 Å². The Kier molecular flexibility index (Phi) is 9.45. The number of benzene rings is 1. The maximum atomic E-state index is 13.2. The molecule has 0 N–H and O–H groups in total. The molecule has 1 aromatic carbocycles. The van der Waals surface area contributed by atoms with Gasteiger partial charge in [-0.2, -0.15) is 22.0 Å². The van der Waals surface area contributed by atoms with Crippen molar-refractivity contribution in [3.05, 3.63) is 29.9 Å². The second kappa shape index (κ2) is 10.8. The van der Waals surface area contributed by atoms with Crippen LogP contribution in [-0.2, 0) is 20.4 Å². The van der Waals surface area contributed by atoms with Gasteiger partial charge in [-0.3, -0.25) is 0 Å². The fraction of sp³-hybridized carbons (Fsp3) is 0.667. The largest absolute Gasteiger partial charge is 0.499 e. The normalized spacial score (nSPS) is 19.9. The molecule has 2 fully saturated rings. The summed E-state index contributed by atoms with van der Waals surface area (Å²) in [6.45, 7) is 0. The Labute approximate surface area is 194 Å². The van der Waals surface area contributed by atoms with Crippen LogP contribution in [0.5, 0.6) is 5.75 Å². The molecule has 0 bridgehead atoms. The zero-order valence-electron chi connectivity index (χ0n) is 16.6. The Hall–Kier alpha value is 0.0523. The van der Waals surface area contributed by atoms with E-state index in [1.807, 2.05) is 5.62 Å². The molecule has 0 radical (unpaired) electrons. The molecular formula is C21H27ClF5OPPd. The van der Waals surface area contributed by atoms with E-state index in [9.17, 15) is 22.0 Å². The molecule has 1 aromatic rings. The van der Waals surface area contributed by atoms with Crippen molar-refractivity contribution in [2.24, 2.45) is 0 Å². The number of alkyl halides is 5. The second-order valence-corrected chi connectivity index (χ2v) is 12.6. The molecule has 0 spiro atoms. The Bertz CT molecular complexity index is 640. The van der Waals surface area contributed by atoms with Gasteiger partial charge in [-0.05, 0) is 75.6 Å². The molecule has 9 heteroatoms. The summed E-state index contributed by atoms with van der Waals surface area (Å²) in [6.07, 6.45) is 0.456. The molecule has 0 saturated heterocycles. The quantitative estimate of drug-likeness (QED) is 0.148. The van der Waals surface area contributed by atoms with Gasteiger partial charge in [0.1, 0.15) is 5.75 Å². The topological polar surface area (TPSA) is 9.23 Å². The molecule has 0 atom stereocenters. The van der Waals surface area contributed by atoms with Crippen molar-refractivity contribution >= 4 is 24.2 Å². The van der Waals surface area contributed by atoms with Crippen LogP contribution >= 0.6 is 18.9 Å². The first-order chi connectivity index (χ1) is 13.7. The standard InChI is InChI=1S/C21H27ClF5OP.Pd/c22-15-29(17-7-3-1-4-8-17,18-9-5-2-6-10-18)19-13-11-16(12-14-19)28-21(26,27)20(23,24)25;/h11-15,17-18H,1-10H2;. The number of ether oxygens (including phenoxy) is 1. The molecule has 0 heterocycles. The first kappa shape index (κ1) is 26.3. The van der Waals surface area contributed by atoms with E-state index in [1.165, 1.54) is 25.0 Å². The zero-order chi connectivity index (χ0) is 21.1. The predicted octanol–water partition coefficient (Wildman–Crippen LogP) is 7.88. The molecule has 30 heavy (non-hydrogen) atoms. The van der Waals surface area contributed by atoms with Crippen molar-refractivity contribution in [3.8, 4) is 5.75 Å². The number of hydrogen-bond acceptors (Lipinski definition) is 1. The summed E-state index contributed by atoms with van der Waals surface area (Å²) in [4.78, 5) is 0. The average Bonchev–Trinajstić information content (AvgIpc) is 2.71. The molecule has 2 aliphatic rings. The fourth-order valence-corrected chi connectivity index (χ4v) is 11.2. The maximum Gasteiger partial charge on any atom is 0.499 e. The zero-order valence-corrected chi connectivity index (χ0v) is 19.8. The SMILES string of the molecule is FC(F)(F)C(F)(F)Oc1ccc([P+]([CH-]Cl)(C2CCCCC2)C2CCCCC2)cc1.[Pd]. The summed E-state index contributed by atoms with van der Waals surface area (Å²) in [5.41, 5.74) is 2.78. The fourth-order valence-electron chi connectivity index (χ4n) is 4.93. The molecule has 0 aromatic heterocycles. The third kappa shape index (κ3) is 5.51. The molecule has 0 amide bonds. The third-order valence-electron chi connectivity index (χ3n) is 6.38. The monoisotopic (exact) mass is 562 g/mol. The number of rotatable bonds is 6. The summed E-state index contributed by atoms with van der Waals surface area (Å²) in [5, 5.41) is 0.994. The van der Waals surface area contributed by atoms with Crippen LogP contribution < -0.4 is 10.0 Å². The summed E-state index contributed by atoms with van der Waals surface area (Å²) in [5.74, 6) is -0.490. The summed E-state index contributed by atoms with van der Waals surface area (Å²) in [7, 11) is -1.91. The van der Waals surface area contributed by atoms with Crippen molar-refractivity contribution in [3.63, 3.8) is 0 Å². The van der Waals surface area contributed by atoms with Gasteiger partial charge >= 0.3 is 12.3 Å². The van der Waals surface area contributed by atoms with Gasteiger partial charge < -0.3 is 16.3 Å². The Morgan fingerprint density at radius 2 is 1.23 bits per heavy atom. The molecule has 0 aliphatic heterocycles. The van der Waals surface area contributed by atoms with E-state index >= 15 is 0 Å². The maximum absolute atomic E-state index is 13.2. The molecular weight excluding hydrogens is 536 g/mol. The van der Waals surface area contributed by atoms with E-state index in [4.69, 9.17) is 11.6 Å². The van der Waals surface area contributed by atoms with Gasteiger partial charge in [0, 0.05) is 31.7 Å². The van der Waals surface area contributed by atoms with Gasteiger partial charge in [-0.1, -0.05) is 25.7 Å². The summed E-state index contributed by atoms with van der Waals surface area (Å²) < 4.78 is 67.7. The molecule has 2 aliphatic carbocycles. The van der Waals surface area contributed by atoms with Crippen LogP contribution in [0.1, 0.15) is 64.2 Å². The minimum absolute atomic E-state index is 0. The van der Waals surface area contributed by atoms with Crippen molar-refractivity contribution < 1.29 is 47.1 Å². The minimum atomic E-state index is -5.75. The van der Waals surface area contributed by atoms with Gasteiger partial charge in [0.25, 0.3) is 0 Å². The number of hydrogen-bond donors (Lipinski definition) is 0. The van der Waals surface area contributed by atoms with Crippen molar-refractivity contribution in [2.75, 3.05) is 0 Å². The number of halogens is 6. The smallest absolute Gasteiger partial charge is 0.426 e. The van der Waals surface area contributed by atoms with Crippen LogP contribution in [0.15, 0.2) is 24.3 Å². The summed E-state index contributed by atoms with van der Waals surface area (Å²) >= 11 is 6.56. The van der Waals surface area contributed by atoms with Crippen molar-refractivity contribution in [1.29, 1.82) is 0 Å². The molecule has 2 saturated carbocycles. The molecule has 3 rings (SSSR count). The Balaban J connectivity index is 0.00000320. The van der Waals surface area contributed by atoms with Crippen LogP contribution in [0.25, 0.3) is 0 Å². The van der Waals surface area contributed by atoms with Crippen LogP contribution in [0.3, 0.4) is 0 Å². The van der Waals surface area contributed by atoms with E-state index in [1.54, 1.807) is 12.1 Å².